The SMILES string of the molecule is COc1ccc(C)cc1C(O)Cc1ccccc1Br. The third-order valence-electron chi connectivity index (χ3n) is 3.12. The molecule has 0 radical (unpaired) electrons. The number of benzene rings is 2. The molecule has 0 aliphatic heterocycles. The van der Waals surface area contributed by atoms with E-state index in [1.807, 2.05) is 49.4 Å². The third-order valence-corrected chi connectivity index (χ3v) is 3.89. The predicted octanol–water partition coefficient (Wildman–Crippen LogP) is 4.04. The zero-order chi connectivity index (χ0) is 13.8. The Morgan fingerprint density at radius 1 is 1.21 bits per heavy atom. The van der Waals surface area contributed by atoms with Gasteiger partial charge in [0.2, 0.25) is 0 Å². The molecule has 0 aliphatic carbocycles. The molecule has 0 bridgehead atoms. The number of aliphatic hydroxyl groups excluding tert-OH is 1. The number of aliphatic hydroxyl groups is 1. The molecule has 0 spiro atoms. The van der Waals surface area contributed by atoms with Crippen LogP contribution in [0.4, 0.5) is 0 Å². The van der Waals surface area contributed by atoms with E-state index in [0.717, 1.165) is 26.9 Å². The molecular weight excluding hydrogens is 304 g/mol. The van der Waals surface area contributed by atoms with E-state index in [0.29, 0.717) is 6.42 Å². The second kappa shape index (κ2) is 6.22. The van der Waals surface area contributed by atoms with Crippen molar-refractivity contribution in [1.82, 2.24) is 0 Å². The quantitative estimate of drug-likeness (QED) is 0.921. The van der Waals surface area contributed by atoms with E-state index >= 15 is 0 Å². The lowest BCUT2D eigenvalue weighted by Crippen LogP contribution is -2.05. The van der Waals surface area contributed by atoms with Gasteiger partial charge in [-0.3, -0.25) is 0 Å². The molecule has 0 saturated heterocycles. The topological polar surface area (TPSA) is 29.5 Å². The van der Waals surface area contributed by atoms with Crippen molar-refractivity contribution in [2.45, 2.75) is 19.4 Å². The minimum absolute atomic E-state index is 0.557. The van der Waals surface area contributed by atoms with Crippen LogP contribution in [0.25, 0.3) is 0 Å². The number of rotatable bonds is 4. The Kier molecular flexibility index (Phi) is 4.61. The first-order chi connectivity index (χ1) is 9.11. The van der Waals surface area contributed by atoms with Crippen LogP contribution in [0, 0.1) is 6.92 Å². The Morgan fingerprint density at radius 2 is 1.95 bits per heavy atom. The molecule has 100 valence electrons. The Labute approximate surface area is 122 Å². The summed E-state index contributed by atoms with van der Waals surface area (Å²) in [5.74, 6) is 0.727. The van der Waals surface area contributed by atoms with Crippen molar-refractivity contribution < 1.29 is 9.84 Å². The molecule has 0 aliphatic rings. The summed E-state index contributed by atoms with van der Waals surface area (Å²) in [5, 5.41) is 10.4. The fourth-order valence-corrected chi connectivity index (χ4v) is 2.54. The lowest BCUT2D eigenvalue weighted by molar-refractivity contribution is 0.173. The van der Waals surface area contributed by atoms with E-state index in [4.69, 9.17) is 4.74 Å². The van der Waals surface area contributed by atoms with E-state index in [9.17, 15) is 5.11 Å². The van der Waals surface area contributed by atoms with Crippen LogP contribution in [0.2, 0.25) is 0 Å². The van der Waals surface area contributed by atoms with Gasteiger partial charge >= 0.3 is 0 Å². The maximum atomic E-state index is 10.4. The number of halogens is 1. The van der Waals surface area contributed by atoms with Gasteiger partial charge in [-0.25, -0.2) is 0 Å². The molecule has 0 heterocycles. The molecule has 2 nitrogen and oxygen atoms in total. The Hall–Kier alpha value is -1.32. The predicted molar refractivity (Wildman–Crippen MR) is 80.5 cm³/mol. The zero-order valence-corrected chi connectivity index (χ0v) is 12.6. The molecule has 0 amide bonds. The van der Waals surface area contributed by atoms with Gasteiger partial charge < -0.3 is 9.84 Å². The van der Waals surface area contributed by atoms with Crippen LogP contribution in [0.3, 0.4) is 0 Å². The van der Waals surface area contributed by atoms with Crippen LogP contribution in [-0.2, 0) is 6.42 Å². The van der Waals surface area contributed by atoms with Gasteiger partial charge in [0.15, 0.2) is 0 Å². The first-order valence-corrected chi connectivity index (χ1v) is 6.97. The number of aryl methyl sites for hydroxylation is 1. The molecule has 1 atom stereocenters. The Bertz CT molecular complexity index is 566. The summed E-state index contributed by atoms with van der Waals surface area (Å²) in [6.45, 7) is 2.01. The van der Waals surface area contributed by atoms with E-state index in [1.54, 1.807) is 7.11 Å². The summed E-state index contributed by atoms with van der Waals surface area (Å²) in [6, 6.07) is 13.8. The van der Waals surface area contributed by atoms with Gasteiger partial charge in [-0.1, -0.05) is 45.8 Å². The summed E-state index contributed by atoms with van der Waals surface area (Å²) in [4.78, 5) is 0. The largest absolute Gasteiger partial charge is 0.496 e. The van der Waals surface area contributed by atoms with Gasteiger partial charge in [-0.05, 0) is 30.7 Å². The fraction of sp³-hybridized carbons (Fsp3) is 0.250. The minimum Gasteiger partial charge on any atom is -0.496 e. The van der Waals surface area contributed by atoms with E-state index in [-0.39, 0.29) is 0 Å². The Balaban J connectivity index is 2.27. The molecule has 0 aromatic heterocycles. The first-order valence-electron chi connectivity index (χ1n) is 6.18. The van der Waals surface area contributed by atoms with E-state index in [1.165, 1.54) is 0 Å². The maximum absolute atomic E-state index is 10.4. The standard InChI is InChI=1S/C16H17BrO2/c1-11-7-8-16(19-2)13(9-11)15(18)10-12-5-3-4-6-14(12)17/h3-9,15,18H,10H2,1-2H3. The van der Waals surface area contributed by atoms with Crippen molar-refractivity contribution in [1.29, 1.82) is 0 Å². The normalized spacial score (nSPS) is 12.2. The van der Waals surface area contributed by atoms with Crippen molar-refractivity contribution in [3.8, 4) is 5.75 Å². The van der Waals surface area contributed by atoms with Crippen LogP contribution >= 0.6 is 15.9 Å². The van der Waals surface area contributed by atoms with E-state index < -0.39 is 6.10 Å². The number of hydrogen-bond donors (Lipinski definition) is 1. The van der Waals surface area contributed by atoms with Crippen LogP contribution in [0.5, 0.6) is 5.75 Å². The molecule has 19 heavy (non-hydrogen) atoms. The second-order valence-corrected chi connectivity index (χ2v) is 5.41. The molecule has 2 aromatic carbocycles. The molecule has 1 unspecified atom stereocenters. The molecule has 2 rings (SSSR count). The summed E-state index contributed by atoms with van der Waals surface area (Å²) in [7, 11) is 1.62. The summed E-state index contributed by atoms with van der Waals surface area (Å²) in [5.41, 5.74) is 3.03. The van der Waals surface area contributed by atoms with Crippen molar-refractivity contribution in [2.24, 2.45) is 0 Å². The zero-order valence-electron chi connectivity index (χ0n) is 11.1. The monoisotopic (exact) mass is 320 g/mol. The summed E-state index contributed by atoms with van der Waals surface area (Å²) in [6.07, 6.45) is -0.0186. The summed E-state index contributed by atoms with van der Waals surface area (Å²) >= 11 is 3.51. The van der Waals surface area contributed by atoms with Crippen molar-refractivity contribution in [2.75, 3.05) is 7.11 Å². The summed E-state index contributed by atoms with van der Waals surface area (Å²) < 4.78 is 6.33. The number of ether oxygens (including phenoxy) is 1. The smallest absolute Gasteiger partial charge is 0.124 e. The minimum atomic E-state index is -0.575. The highest BCUT2D eigenvalue weighted by Gasteiger charge is 2.15. The highest BCUT2D eigenvalue weighted by Crippen LogP contribution is 2.30. The van der Waals surface area contributed by atoms with Crippen LogP contribution in [0.1, 0.15) is 22.8 Å². The van der Waals surface area contributed by atoms with Crippen LogP contribution < -0.4 is 4.74 Å². The molecule has 2 aromatic rings. The van der Waals surface area contributed by atoms with Gasteiger partial charge in [0.1, 0.15) is 5.75 Å². The molecule has 1 N–H and O–H groups in total. The fourth-order valence-electron chi connectivity index (χ4n) is 2.10. The average molecular weight is 321 g/mol. The Morgan fingerprint density at radius 3 is 2.63 bits per heavy atom. The van der Waals surface area contributed by atoms with Gasteiger partial charge in [0.05, 0.1) is 13.2 Å². The van der Waals surface area contributed by atoms with Crippen LogP contribution in [0.15, 0.2) is 46.9 Å². The van der Waals surface area contributed by atoms with Crippen molar-refractivity contribution >= 4 is 15.9 Å². The average Bonchev–Trinajstić information content (AvgIpc) is 2.41. The highest BCUT2D eigenvalue weighted by molar-refractivity contribution is 9.10. The second-order valence-electron chi connectivity index (χ2n) is 4.56. The van der Waals surface area contributed by atoms with E-state index in [2.05, 4.69) is 15.9 Å². The first kappa shape index (κ1) is 14.1. The number of methoxy groups -OCH3 is 1. The number of hydrogen-bond acceptors (Lipinski definition) is 2. The van der Waals surface area contributed by atoms with Gasteiger partial charge in [-0.2, -0.15) is 0 Å². The highest BCUT2D eigenvalue weighted by atomic mass is 79.9. The van der Waals surface area contributed by atoms with Crippen molar-refractivity contribution in [3.63, 3.8) is 0 Å². The third kappa shape index (κ3) is 3.37. The molecular formula is C16H17BrO2. The van der Waals surface area contributed by atoms with Crippen LogP contribution in [-0.4, -0.2) is 12.2 Å². The lowest BCUT2D eigenvalue weighted by Gasteiger charge is -2.16. The molecule has 0 saturated carbocycles. The van der Waals surface area contributed by atoms with Gasteiger partial charge in [0, 0.05) is 16.5 Å². The molecule has 3 heteroatoms. The van der Waals surface area contributed by atoms with Crippen molar-refractivity contribution in [3.05, 3.63) is 63.6 Å². The lowest BCUT2D eigenvalue weighted by atomic mass is 9.99. The van der Waals surface area contributed by atoms with Gasteiger partial charge in [0.25, 0.3) is 0 Å². The molecule has 0 fully saturated rings. The van der Waals surface area contributed by atoms with Gasteiger partial charge in [-0.15, -0.1) is 0 Å². The maximum Gasteiger partial charge on any atom is 0.124 e.